The largest absolute Gasteiger partial charge is 0.345 e. The molecule has 2 aliphatic rings. The van der Waals surface area contributed by atoms with Crippen molar-refractivity contribution in [3.05, 3.63) is 48.4 Å². The van der Waals surface area contributed by atoms with Crippen molar-refractivity contribution in [3.63, 3.8) is 0 Å². The van der Waals surface area contributed by atoms with Crippen molar-refractivity contribution in [2.75, 3.05) is 33.2 Å². The first-order chi connectivity index (χ1) is 12.2. The van der Waals surface area contributed by atoms with Crippen LogP contribution in [0.1, 0.15) is 18.2 Å². The Morgan fingerprint density at radius 2 is 2.08 bits per heavy atom. The zero-order valence-corrected chi connectivity index (χ0v) is 15.4. The van der Waals surface area contributed by atoms with Crippen LogP contribution in [0.4, 0.5) is 0 Å². The van der Waals surface area contributed by atoms with Crippen LogP contribution in [0.5, 0.6) is 0 Å². The predicted octanol–water partition coefficient (Wildman–Crippen LogP) is 1.91. The fourth-order valence-corrected chi connectivity index (χ4v) is 3.21. The Kier molecular flexibility index (Phi) is 5.35. The van der Waals surface area contributed by atoms with E-state index in [-0.39, 0.29) is 0 Å². The Hall–Kier alpha value is -2.38. The van der Waals surface area contributed by atoms with E-state index in [4.69, 9.17) is 12.2 Å². The molecule has 1 N–H and O–H groups in total. The summed E-state index contributed by atoms with van der Waals surface area (Å²) in [6.45, 7) is 9.49. The summed E-state index contributed by atoms with van der Waals surface area (Å²) < 4.78 is 0. The summed E-state index contributed by atoms with van der Waals surface area (Å²) in [4.78, 5) is 13.3. The summed E-state index contributed by atoms with van der Waals surface area (Å²) >= 11 is 5.50. The second-order valence-electron chi connectivity index (χ2n) is 5.93. The fourth-order valence-electron chi connectivity index (χ4n) is 2.98. The van der Waals surface area contributed by atoms with Gasteiger partial charge in [0.15, 0.2) is 5.11 Å². The van der Waals surface area contributed by atoms with Gasteiger partial charge >= 0.3 is 0 Å². The van der Waals surface area contributed by atoms with E-state index in [0.29, 0.717) is 10.8 Å². The Balaban J connectivity index is 1.86. The van der Waals surface area contributed by atoms with Gasteiger partial charge < -0.3 is 9.80 Å². The van der Waals surface area contributed by atoms with Gasteiger partial charge in [-0.05, 0) is 32.3 Å². The average molecular weight is 354 g/mol. The molecule has 1 aromatic rings. The van der Waals surface area contributed by atoms with Gasteiger partial charge in [-0.1, -0.05) is 18.7 Å². The topological polar surface area (TPSA) is 56.1 Å². The third-order valence-electron chi connectivity index (χ3n) is 4.36. The number of likely N-dealkylation sites (N-methyl/N-ethyl adjacent to an activating group) is 1. The van der Waals surface area contributed by atoms with E-state index in [9.17, 15) is 0 Å². The van der Waals surface area contributed by atoms with Crippen LogP contribution in [0.25, 0.3) is 5.57 Å². The number of piperazine rings is 1. The molecule has 1 fully saturated rings. The monoisotopic (exact) mass is 354 g/mol. The van der Waals surface area contributed by atoms with Crippen molar-refractivity contribution in [2.24, 2.45) is 10.1 Å². The number of thiocarbonyl (C=S) groups is 1. The predicted molar refractivity (Wildman–Crippen MR) is 107 cm³/mol. The van der Waals surface area contributed by atoms with Gasteiger partial charge in [0, 0.05) is 49.7 Å². The SMILES string of the molecule is C=CN=C1/C(=C\C)c2cccnc2/C1=N/NC(=S)N1CCN(C)CC1. The van der Waals surface area contributed by atoms with Gasteiger partial charge in [-0.3, -0.25) is 15.4 Å². The molecule has 1 aliphatic carbocycles. The molecule has 1 aromatic heterocycles. The van der Waals surface area contributed by atoms with Crippen molar-refractivity contribution >= 4 is 34.3 Å². The molecule has 0 bridgehead atoms. The third-order valence-corrected chi connectivity index (χ3v) is 4.71. The van der Waals surface area contributed by atoms with Crippen molar-refractivity contribution in [3.8, 4) is 0 Å². The number of nitrogens with one attached hydrogen (secondary N) is 1. The Morgan fingerprint density at radius 3 is 2.76 bits per heavy atom. The number of hydrazone groups is 1. The highest BCUT2D eigenvalue weighted by Gasteiger charge is 2.30. The van der Waals surface area contributed by atoms with Crippen molar-refractivity contribution in [1.29, 1.82) is 0 Å². The molecule has 0 spiro atoms. The number of pyridine rings is 1. The summed E-state index contributed by atoms with van der Waals surface area (Å²) in [5.74, 6) is 0. The Bertz CT molecular complexity index is 772. The zero-order chi connectivity index (χ0) is 17.8. The molecule has 3 rings (SSSR count). The lowest BCUT2D eigenvalue weighted by Crippen LogP contribution is -2.49. The third kappa shape index (κ3) is 3.52. The summed E-state index contributed by atoms with van der Waals surface area (Å²) in [6, 6.07) is 3.94. The molecule has 6 nitrogen and oxygen atoms in total. The minimum Gasteiger partial charge on any atom is -0.345 e. The molecule has 25 heavy (non-hydrogen) atoms. The molecular weight excluding hydrogens is 332 g/mol. The van der Waals surface area contributed by atoms with Gasteiger partial charge in [0.2, 0.25) is 0 Å². The summed E-state index contributed by atoms with van der Waals surface area (Å²) in [5.41, 5.74) is 7.33. The molecule has 0 unspecified atom stereocenters. The number of hydrogen-bond acceptors (Lipinski definition) is 5. The second-order valence-corrected chi connectivity index (χ2v) is 6.32. The first kappa shape index (κ1) is 17.4. The van der Waals surface area contributed by atoms with Gasteiger partial charge in [-0.2, -0.15) is 5.10 Å². The number of aromatic nitrogens is 1. The fraction of sp³-hybridized carbons (Fsp3) is 0.333. The molecule has 2 heterocycles. The Morgan fingerprint density at radius 1 is 1.32 bits per heavy atom. The highest BCUT2D eigenvalue weighted by atomic mass is 32.1. The normalized spacial score (nSPS) is 22.5. The lowest BCUT2D eigenvalue weighted by atomic mass is 10.1. The Labute approximate surface area is 153 Å². The summed E-state index contributed by atoms with van der Waals surface area (Å²) in [7, 11) is 2.12. The number of allylic oxidation sites excluding steroid dienone is 2. The van der Waals surface area contributed by atoms with Gasteiger partial charge in [0.25, 0.3) is 0 Å². The van der Waals surface area contributed by atoms with Gasteiger partial charge in [0.05, 0.1) is 0 Å². The molecule has 1 saturated heterocycles. The van der Waals surface area contributed by atoms with Crippen LogP contribution in [0.2, 0.25) is 0 Å². The lowest BCUT2D eigenvalue weighted by Gasteiger charge is -2.33. The molecule has 1 aliphatic heterocycles. The molecule has 0 amide bonds. The van der Waals surface area contributed by atoms with E-state index in [1.54, 1.807) is 6.20 Å². The summed E-state index contributed by atoms with van der Waals surface area (Å²) in [6.07, 6.45) is 5.31. The van der Waals surface area contributed by atoms with E-state index < -0.39 is 0 Å². The molecule has 0 atom stereocenters. The van der Waals surface area contributed by atoms with E-state index in [1.165, 1.54) is 6.20 Å². The molecular formula is C18H22N6S. The first-order valence-electron chi connectivity index (χ1n) is 8.28. The van der Waals surface area contributed by atoms with Crippen LogP contribution in [-0.2, 0) is 0 Å². The highest BCUT2D eigenvalue weighted by molar-refractivity contribution is 7.80. The maximum Gasteiger partial charge on any atom is 0.189 e. The number of rotatable bonds is 2. The van der Waals surface area contributed by atoms with Crippen LogP contribution in [0.3, 0.4) is 0 Å². The molecule has 0 aromatic carbocycles. The van der Waals surface area contributed by atoms with Crippen molar-refractivity contribution in [2.45, 2.75) is 6.92 Å². The molecule has 130 valence electrons. The van der Waals surface area contributed by atoms with Crippen LogP contribution in [0.15, 0.2) is 47.3 Å². The molecule has 7 heteroatoms. The number of fused-ring (bicyclic) bond motifs is 1. The highest BCUT2D eigenvalue weighted by Crippen LogP contribution is 2.29. The van der Waals surface area contributed by atoms with Crippen molar-refractivity contribution in [1.82, 2.24) is 20.2 Å². The first-order valence-corrected chi connectivity index (χ1v) is 8.69. The number of aliphatic imine (C=N–C) groups is 1. The smallest absolute Gasteiger partial charge is 0.189 e. The number of hydrogen-bond donors (Lipinski definition) is 1. The van der Waals surface area contributed by atoms with E-state index in [2.05, 4.69) is 43.9 Å². The standard InChI is InChI=1S/C18H22N6S/c1-4-13-14-7-6-8-20-16(14)17(15(13)19-5-2)21-22-18(25)24-11-9-23(3)10-12-24/h4-8H,2,9-12H2,1,3H3,(H,22,25)/b13-4-,19-15?,21-17+. The maximum absolute atomic E-state index is 5.50. The van der Waals surface area contributed by atoms with Gasteiger partial charge in [0.1, 0.15) is 17.1 Å². The van der Waals surface area contributed by atoms with E-state index in [1.807, 2.05) is 25.1 Å². The van der Waals surface area contributed by atoms with Crippen molar-refractivity contribution < 1.29 is 0 Å². The van der Waals surface area contributed by atoms with Gasteiger partial charge in [-0.15, -0.1) is 0 Å². The van der Waals surface area contributed by atoms with Gasteiger partial charge in [-0.25, -0.2) is 0 Å². The van der Waals surface area contributed by atoms with E-state index in [0.717, 1.165) is 48.7 Å². The number of nitrogens with zero attached hydrogens (tertiary/aromatic N) is 5. The van der Waals surface area contributed by atoms with Crippen LogP contribution in [0, 0.1) is 0 Å². The van der Waals surface area contributed by atoms with E-state index >= 15 is 0 Å². The maximum atomic E-state index is 5.50. The lowest BCUT2D eigenvalue weighted by molar-refractivity contribution is 0.214. The van der Waals surface area contributed by atoms with Crippen LogP contribution in [-0.4, -0.2) is 64.5 Å². The van der Waals surface area contributed by atoms with Crippen LogP contribution >= 0.6 is 12.2 Å². The minimum atomic E-state index is 0.630. The minimum absolute atomic E-state index is 0.630. The molecule has 0 saturated carbocycles. The average Bonchev–Trinajstić information content (AvgIpc) is 2.93. The molecule has 0 radical (unpaired) electrons. The quantitative estimate of drug-likeness (QED) is 0.649. The zero-order valence-electron chi connectivity index (χ0n) is 14.6. The second kappa shape index (κ2) is 7.67. The summed E-state index contributed by atoms with van der Waals surface area (Å²) in [5, 5.41) is 5.17. The van der Waals surface area contributed by atoms with Crippen LogP contribution < -0.4 is 5.43 Å².